The first-order valence-corrected chi connectivity index (χ1v) is 8.78. The van der Waals surface area contributed by atoms with Crippen molar-refractivity contribution >= 4 is 22.8 Å². The first kappa shape index (κ1) is 16.6. The van der Waals surface area contributed by atoms with E-state index in [-0.39, 0.29) is 18.7 Å². The highest BCUT2D eigenvalue weighted by atomic mass is 16.6. The summed E-state index contributed by atoms with van der Waals surface area (Å²) >= 11 is 0. The van der Waals surface area contributed by atoms with Gasteiger partial charge in [-0.15, -0.1) is 0 Å². The number of carbonyl (C=O) groups excluding carboxylic acids is 2. The number of cyclic esters (lactones) is 1. The molecule has 3 aromatic rings. The molecule has 5 rings (SSSR count). The highest BCUT2D eigenvalue weighted by Gasteiger charge is 2.37. The number of aromatic nitrogens is 2. The van der Waals surface area contributed by atoms with E-state index in [4.69, 9.17) is 20.2 Å². The summed E-state index contributed by atoms with van der Waals surface area (Å²) in [5.41, 5.74) is 8.64. The Bertz CT molecular complexity index is 1230. The van der Waals surface area contributed by atoms with Gasteiger partial charge in [-0.3, -0.25) is 9.59 Å². The molecule has 2 aliphatic rings. The third kappa shape index (κ3) is 2.35. The third-order valence-corrected chi connectivity index (χ3v) is 5.08. The van der Waals surface area contributed by atoms with E-state index in [9.17, 15) is 14.4 Å². The maximum atomic E-state index is 13.1. The molecule has 2 aromatic heterocycles. The fourth-order valence-corrected chi connectivity index (χ4v) is 3.75. The monoisotopic (exact) mass is 377 g/mol. The third-order valence-electron chi connectivity index (χ3n) is 5.08. The predicted molar refractivity (Wildman–Crippen MR) is 98.2 cm³/mol. The molecule has 2 N–H and O–H groups in total. The fourth-order valence-electron chi connectivity index (χ4n) is 3.75. The van der Waals surface area contributed by atoms with Gasteiger partial charge in [0.25, 0.3) is 5.56 Å². The maximum absolute atomic E-state index is 13.1. The van der Waals surface area contributed by atoms with Crippen molar-refractivity contribution in [1.29, 1.82) is 0 Å². The number of nitrogens with two attached hydrogens (primary N) is 1. The van der Waals surface area contributed by atoms with E-state index in [2.05, 4.69) is 0 Å². The standard InChI is InChI=1S/C20H15N3O5/c21-7-16(24)28-18-12-6-15-17-11(5-10-3-1-2-4-14(10)22-17)8-23(15)19(25)13(12)9-27-20(18)26/h1-6,18H,7-9,21H2/t18-/m0/s1. The summed E-state index contributed by atoms with van der Waals surface area (Å²) in [6.07, 6.45) is -1.30. The minimum atomic E-state index is -1.30. The Kier molecular flexibility index (Phi) is 3.56. The van der Waals surface area contributed by atoms with Crippen LogP contribution in [0.5, 0.6) is 0 Å². The number of nitrogens with zero attached hydrogens (tertiary/aromatic N) is 2. The molecule has 4 heterocycles. The van der Waals surface area contributed by atoms with Crippen LogP contribution in [0.15, 0.2) is 41.2 Å². The first-order chi connectivity index (χ1) is 13.6. The zero-order valence-electron chi connectivity index (χ0n) is 14.7. The lowest BCUT2D eigenvalue weighted by molar-refractivity contribution is -0.170. The van der Waals surface area contributed by atoms with Crippen molar-refractivity contribution in [3.05, 3.63) is 63.4 Å². The van der Waals surface area contributed by atoms with E-state index in [1.54, 1.807) is 10.6 Å². The molecular weight excluding hydrogens is 362 g/mol. The summed E-state index contributed by atoms with van der Waals surface area (Å²) in [4.78, 5) is 41.6. The quantitative estimate of drug-likeness (QED) is 0.519. The minimum Gasteiger partial charge on any atom is -0.458 e. The Morgan fingerprint density at radius 2 is 2.11 bits per heavy atom. The zero-order chi connectivity index (χ0) is 19.4. The Hall–Kier alpha value is -3.52. The van der Waals surface area contributed by atoms with Crippen LogP contribution in [-0.2, 0) is 32.2 Å². The highest BCUT2D eigenvalue weighted by molar-refractivity contribution is 5.86. The molecule has 0 spiro atoms. The Morgan fingerprint density at radius 3 is 2.93 bits per heavy atom. The number of esters is 2. The molecule has 28 heavy (non-hydrogen) atoms. The minimum absolute atomic E-state index is 0.157. The number of hydrogen-bond donors (Lipinski definition) is 1. The Labute approximate surface area is 158 Å². The molecule has 8 heteroatoms. The van der Waals surface area contributed by atoms with Crippen LogP contribution in [0.2, 0.25) is 0 Å². The smallest absolute Gasteiger partial charge is 0.352 e. The molecule has 1 atom stereocenters. The predicted octanol–water partition coefficient (Wildman–Crippen LogP) is 1.02. The number of pyridine rings is 2. The summed E-state index contributed by atoms with van der Waals surface area (Å²) in [5.74, 6) is -1.47. The van der Waals surface area contributed by atoms with E-state index in [0.29, 0.717) is 29.1 Å². The molecule has 140 valence electrons. The highest BCUT2D eigenvalue weighted by Crippen LogP contribution is 2.36. The van der Waals surface area contributed by atoms with Crippen LogP contribution in [0.1, 0.15) is 22.8 Å². The van der Waals surface area contributed by atoms with Crippen LogP contribution in [-0.4, -0.2) is 28.0 Å². The molecule has 0 saturated carbocycles. The van der Waals surface area contributed by atoms with Crippen LogP contribution in [0.4, 0.5) is 0 Å². The normalized spacial score (nSPS) is 16.9. The van der Waals surface area contributed by atoms with Gasteiger partial charge in [0.2, 0.25) is 6.10 Å². The van der Waals surface area contributed by atoms with Gasteiger partial charge in [-0.05, 0) is 18.2 Å². The van der Waals surface area contributed by atoms with Crippen LogP contribution < -0.4 is 11.3 Å². The van der Waals surface area contributed by atoms with Crippen molar-refractivity contribution in [2.75, 3.05) is 6.54 Å². The summed E-state index contributed by atoms with van der Waals surface area (Å²) < 4.78 is 11.8. The second-order valence-electron chi connectivity index (χ2n) is 6.73. The van der Waals surface area contributed by atoms with Crippen molar-refractivity contribution in [1.82, 2.24) is 9.55 Å². The second kappa shape index (κ2) is 6.00. The van der Waals surface area contributed by atoms with Gasteiger partial charge in [0, 0.05) is 16.5 Å². The molecule has 0 bridgehead atoms. The lowest BCUT2D eigenvalue weighted by atomic mass is 10.00. The van der Waals surface area contributed by atoms with E-state index in [0.717, 1.165) is 16.5 Å². The van der Waals surface area contributed by atoms with Gasteiger partial charge in [-0.2, -0.15) is 0 Å². The SMILES string of the molecule is NCC(=O)O[C@@H]1C(=O)OCc2c1cc1n(c2=O)Cc2cc3ccccc3nc2-1. The van der Waals surface area contributed by atoms with Gasteiger partial charge >= 0.3 is 11.9 Å². The number of carbonyl (C=O) groups is 2. The van der Waals surface area contributed by atoms with Crippen molar-refractivity contribution in [3.8, 4) is 11.4 Å². The molecular formula is C20H15N3O5. The van der Waals surface area contributed by atoms with E-state index in [1.165, 1.54) is 0 Å². The number of para-hydroxylation sites is 1. The average Bonchev–Trinajstić information content (AvgIpc) is 3.06. The van der Waals surface area contributed by atoms with Gasteiger partial charge in [0.05, 0.1) is 35.6 Å². The molecule has 0 unspecified atom stereocenters. The van der Waals surface area contributed by atoms with Gasteiger partial charge in [-0.25, -0.2) is 9.78 Å². The van der Waals surface area contributed by atoms with E-state index >= 15 is 0 Å². The molecule has 8 nitrogen and oxygen atoms in total. The molecule has 0 amide bonds. The van der Waals surface area contributed by atoms with Crippen LogP contribution in [0, 0.1) is 0 Å². The van der Waals surface area contributed by atoms with Crippen LogP contribution in [0.3, 0.4) is 0 Å². The Balaban J connectivity index is 1.71. The van der Waals surface area contributed by atoms with Crippen molar-refractivity contribution in [2.45, 2.75) is 19.3 Å². The molecule has 0 aliphatic carbocycles. The van der Waals surface area contributed by atoms with Crippen LogP contribution in [0.25, 0.3) is 22.3 Å². The first-order valence-electron chi connectivity index (χ1n) is 8.78. The number of hydrogen-bond acceptors (Lipinski definition) is 7. The van der Waals surface area contributed by atoms with E-state index in [1.807, 2.05) is 30.3 Å². The number of benzene rings is 1. The summed E-state index contributed by atoms with van der Waals surface area (Å²) in [7, 11) is 0. The zero-order valence-corrected chi connectivity index (χ0v) is 14.7. The van der Waals surface area contributed by atoms with E-state index < -0.39 is 18.0 Å². The van der Waals surface area contributed by atoms with Gasteiger partial charge in [-0.1, -0.05) is 18.2 Å². The second-order valence-corrected chi connectivity index (χ2v) is 6.73. The number of ether oxygens (including phenoxy) is 2. The lowest BCUT2D eigenvalue weighted by Gasteiger charge is -2.24. The molecule has 0 saturated heterocycles. The summed E-state index contributed by atoms with van der Waals surface area (Å²) in [6.45, 7) is -0.148. The molecule has 0 radical (unpaired) electrons. The molecule has 0 fully saturated rings. The molecule has 2 aliphatic heterocycles. The average molecular weight is 377 g/mol. The molecule has 1 aromatic carbocycles. The van der Waals surface area contributed by atoms with Crippen molar-refractivity contribution in [3.63, 3.8) is 0 Å². The van der Waals surface area contributed by atoms with Gasteiger partial charge in [0.15, 0.2) is 0 Å². The van der Waals surface area contributed by atoms with Crippen molar-refractivity contribution in [2.24, 2.45) is 5.73 Å². The van der Waals surface area contributed by atoms with Gasteiger partial charge < -0.3 is 19.8 Å². The number of fused-ring (bicyclic) bond motifs is 5. The summed E-state index contributed by atoms with van der Waals surface area (Å²) in [6, 6.07) is 11.4. The maximum Gasteiger partial charge on any atom is 0.352 e. The van der Waals surface area contributed by atoms with Crippen LogP contribution >= 0.6 is 0 Å². The summed E-state index contributed by atoms with van der Waals surface area (Å²) in [5, 5.41) is 0.986. The van der Waals surface area contributed by atoms with Gasteiger partial charge in [0.1, 0.15) is 6.61 Å². The largest absolute Gasteiger partial charge is 0.458 e. The lowest BCUT2D eigenvalue weighted by Crippen LogP contribution is -2.35. The number of rotatable bonds is 2. The van der Waals surface area contributed by atoms with Crippen molar-refractivity contribution < 1.29 is 19.1 Å². The topological polar surface area (TPSA) is 114 Å². The fraction of sp³-hybridized carbons (Fsp3) is 0.200. The Morgan fingerprint density at radius 1 is 1.29 bits per heavy atom.